The van der Waals surface area contributed by atoms with Crippen LogP contribution in [0.4, 0.5) is 0 Å². The summed E-state index contributed by atoms with van der Waals surface area (Å²) in [5, 5.41) is 5.75. The molecule has 1 atom stereocenters. The Morgan fingerprint density at radius 1 is 1.75 bits per heavy atom. The maximum absolute atomic E-state index is 10.8. The zero-order valence-electron chi connectivity index (χ0n) is 6.60. The van der Waals surface area contributed by atoms with Gasteiger partial charge in [0.05, 0.1) is 5.33 Å². The SMILES string of the molecule is O=C(CBr)NCC1CNC(=O)C1. The highest BCUT2D eigenvalue weighted by atomic mass is 79.9. The average molecular weight is 235 g/mol. The summed E-state index contributed by atoms with van der Waals surface area (Å²) in [6, 6.07) is 0. The van der Waals surface area contributed by atoms with E-state index in [2.05, 4.69) is 26.6 Å². The zero-order chi connectivity index (χ0) is 8.97. The Balaban J connectivity index is 2.16. The number of alkyl halides is 1. The minimum Gasteiger partial charge on any atom is -0.356 e. The molecule has 0 spiro atoms. The molecule has 2 N–H and O–H groups in total. The lowest BCUT2D eigenvalue weighted by molar-refractivity contribution is -0.120. The van der Waals surface area contributed by atoms with Crippen molar-refractivity contribution in [3.8, 4) is 0 Å². The molecule has 2 amide bonds. The second-order valence-corrected chi connectivity index (χ2v) is 3.37. The summed E-state index contributed by atoms with van der Waals surface area (Å²) in [5.41, 5.74) is 0. The fourth-order valence-electron chi connectivity index (χ4n) is 1.11. The first-order valence-electron chi connectivity index (χ1n) is 3.81. The third-order valence-electron chi connectivity index (χ3n) is 1.77. The third kappa shape index (κ3) is 2.81. The summed E-state index contributed by atoms with van der Waals surface area (Å²) in [4.78, 5) is 21.5. The van der Waals surface area contributed by atoms with E-state index in [-0.39, 0.29) is 17.7 Å². The van der Waals surface area contributed by atoms with Crippen molar-refractivity contribution in [2.24, 2.45) is 5.92 Å². The van der Waals surface area contributed by atoms with Crippen LogP contribution in [0.3, 0.4) is 0 Å². The minimum atomic E-state index is -0.0330. The summed E-state index contributed by atoms with van der Waals surface area (Å²) in [7, 11) is 0. The number of rotatable bonds is 3. The van der Waals surface area contributed by atoms with Crippen LogP contribution in [-0.2, 0) is 9.59 Å². The molecule has 1 heterocycles. The number of hydrogen-bond donors (Lipinski definition) is 2. The van der Waals surface area contributed by atoms with Crippen LogP contribution in [0.25, 0.3) is 0 Å². The van der Waals surface area contributed by atoms with E-state index in [1.165, 1.54) is 0 Å². The highest BCUT2D eigenvalue weighted by Crippen LogP contribution is 2.06. The molecular formula is C7H11BrN2O2. The predicted molar refractivity (Wildman–Crippen MR) is 47.9 cm³/mol. The molecule has 1 fully saturated rings. The topological polar surface area (TPSA) is 58.2 Å². The molecule has 1 unspecified atom stereocenters. The van der Waals surface area contributed by atoms with Crippen LogP contribution < -0.4 is 10.6 Å². The Labute approximate surface area is 79.2 Å². The van der Waals surface area contributed by atoms with Crippen molar-refractivity contribution in [2.45, 2.75) is 6.42 Å². The van der Waals surface area contributed by atoms with Crippen LogP contribution in [0.2, 0.25) is 0 Å². The number of carbonyl (C=O) groups is 2. The van der Waals surface area contributed by atoms with Crippen molar-refractivity contribution < 1.29 is 9.59 Å². The van der Waals surface area contributed by atoms with Gasteiger partial charge in [-0.25, -0.2) is 0 Å². The van der Waals surface area contributed by atoms with Gasteiger partial charge in [-0.3, -0.25) is 9.59 Å². The molecule has 1 aliphatic rings. The van der Waals surface area contributed by atoms with Crippen molar-refractivity contribution in [3.63, 3.8) is 0 Å². The van der Waals surface area contributed by atoms with Crippen LogP contribution in [0.1, 0.15) is 6.42 Å². The Hall–Kier alpha value is -0.580. The molecular weight excluding hydrogens is 224 g/mol. The molecule has 0 aromatic rings. The summed E-state index contributed by atoms with van der Waals surface area (Å²) in [5.74, 6) is 0.308. The Bertz CT molecular complexity index is 196. The minimum absolute atomic E-state index is 0.0330. The maximum atomic E-state index is 10.8. The van der Waals surface area contributed by atoms with Gasteiger partial charge in [-0.15, -0.1) is 0 Å². The monoisotopic (exact) mass is 234 g/mol. The molecule has 68 valence electrons. The van der Waals surface area contributed by atoms with Gasteiger partial charge in [0.1, 0.15) is 0 Å². The van der Waals surface area contributed by atoms with E-state index in [9.17, 15) is 9.59 Å². The van der Waals surface area contributed by atoms with E-state index in [4.69, 9.17) is 0 Å². The summed E-state index contributed by atoms with van der Waals surface area (Å²) < 4.78 is 0. The van der Waals surface area contributed by atoms with E-state index in [1.807, 2.05) is 0 Å². The van der Waals surface area contributed by atoms with Crippen LogP contribution >= 0.6 is 15.9 Å². The van der Waals surface area contributed by atoms with E-state index >= 15 is 0 Å². The number of halogens is 1. The Morgan fingerprint density at radius 3 is 3.00 bits per heavy atom. The van der Waals surface area contributed by atoms with Crippen molar-refractivity contribution in [3.05, 3.63) is 0 Å². The molecule has 4 nitrogen and oxygen atoms in total. The molecule has 0 aliphatic carbocycles. The van der Waals surface area contributed by atoms with Crippen molar-refractivity contribution in [1.29, 1.82) is 0 Å². The molecule has 0 aromatic heterocycles. The van der Waals surface area contributed by atoms with E-state index < -0.39 is 0 Å². The standard InChI is InChI=1S/C7H11BrN2O2/c8-2-7(12)10-4-5-1-6(11)9-3-5/h5H,1-4H2,(H,9,11)(H,10,12). The normalized spacial score (nSPS) is 22.1. The highest BCUT2D eigenvalue weighted by molar-refractivity contribution is 9.09. The first-order valence-corrected chi connectivity index (χ1v) is 4.94. The summed E-state index contributed by atoms with van der Waals surface area (Å²) in [6.07, 6.45) is 0.530. The molecule has 0 radical (unpaired) electrons. The molecule has 12 heavy (non-hydrogen) atoms. The lowest BCUT2D eigenvalue weighted by Gasteiger charge is -2.07. The Kier molecular flexibility index (Phi) is 3.52. The van der Waals surface area contributed by atoms with Gasteiger partial charge in [-0.2, -0.15) is 0 Å². The second kappa shape index (κ2) is 4.45. The fourth-order valence-corrected chi connectivity index (χ4v) is 1.31. The van der Waals surface area contributed by atoms with E-state index in [0.717, 1.165) is 0 Å². The molecule has 0 saturated carbocycles. The first-order chi connectivity index (χ1) is 5.72. The largest absolute Gasteiger partial charge is 0.356 e. The van der Waals surface area contributed by atoms with Gasteiger partial charge in [-0.05, 0) is 0 Å². The average Bonchev–Trinajstić information content (AvgIpc) is 2.47. The quantitative estimate of drug-likeness (QED) is 0.656. The zero-order valence-corrected chi connectivity index (χ0v) is 8.19. The number of amides is 2. The van der Waals surface area contributed by atoms with Gasteiger partial charge in [0, 0.05) is 25.4 Å². The summed E-state index contributed by atoms with van der Waals surface area (Å²) in [6.45, 7) is 1.27. The Morgan fingerprint density at radius 2 is 2.50 bits per heavy atom. The van der Waals surface area contributed by atoms with E-state index in [0.29, 0.717) is 24.8 Å². The number of carbonyl (C=O) groups excluding carboxylic acids is 2. The molecule has 1 rings (SSSR count). The van der Waals surface area contributed by atoms with Gasteiger partial charge in [0.2, 0.25) is 11.8 Å². The van der Waals surface area contributed by atoms with Gasteiger partial charge < -0.3 is 10.6 Å². The lowest BCUT2D eigenvalue weighted by Crippen LogP contribution is -2.30. The van der Waals surface area contributed by atoms with Crippen molar-refractivity contribution in [1.82, 2.24) is 10.6 Å². The van der Waals surface area contributed by atoms with Crippen LogP contribution in [0, 0.1) is 5.92 Å². The molecule has 1 saturated heterocycles. The lowest BCUT2D eigenvalue weighted by atomic mass is 10.1. The van der Waals surface area contributed by atoms with Gasteiger partial charge in [-0.1, -0.05) is 15.9 Å². The highest BCUT2D eigenvalue weighted by Gasteiger charge is 2.21. The fraction of sp³-hybridized carbons (Fsp3) is 0.714. The van der Waals surface area contributed by atoms with Crippen molar-refractivity contribution in [2.75, 3.05) is 18.4 Å². The molecule has 0 aromatic carbocycles. The molecule has 0 bridgehead atoms. The maximum Gasteiger partial charge on any atom is 0.230 e. The van der Waals surface area contributed by atoms with Crippen molar-refractivity contribution >= 4 is 27.7 Å². The van der Waals surface area contributed by atoms with Crippen LogP contribution in [-0.4, -0.2) is 30.2 Å². The number of hydrogen-bond acceptors (Lipinski definition) is 2. The third-order valence-corrected chi connectivity index (χ3v) is 2.28. The summed E-state index contributed by atoms with van der Waals surface area (Å²) >= 11 is 3.04. The second-order valence-electron chi connectivity index (χ2n) is 2.81. The smallest absolute Gasteiger partial charge is 0.230 e. The predicted octanol–water partition coefficient (Wildman–Crippen LogP) is -0.366. The van der Waals surface area contributed by atoms with Crippen LogP contribution in [0.5, 0.6) is 0 Å². The molecule has 5 heteroatoms. The molecule has 1 aliphatic heterocycles. The van der Waals surface area contributed by atoms with Gasteiger partial charge in [0.25, 0.3) is 0 Å². The number of nitrogens with one attached hydrogen (secondary N) is 2. The van der Waals surface area contributed by atoms with Crippen LogP contribution in [0.15, 0.2) is 0 Å². The van der Waals surface area contributed by atoms with Gasteiger partial charge >= 0.3 is 0 Å². The van der Waals surface area contributed by atoms with E-state index in [1.54, 1.807) is 0 Å². The van der Waals surface area contributed by atoms with Gasteiger partial charge in [0.15, 0.2) is 0 Å². The first kappa shape index (κ1) is 9.51.